The Balaban J connectivity index is 2.09. The fraction of sp³-hybridized carbons (Fsp3) is 0.600. The molecule has 1 atom stereocenters. The van der Waals surface area contributed by atoms with Gasteiger partial charge in [0.1, 0.15) is 5.82 Å². The lowest BCUT2D eigenvalue weighted by Gasteiger charge is -2.12. The highest BCUT2D eigenvalue weighted by Gasteiger charge is 2.10. The fourth-order valence-electron chi connectivity index (χ4n) is 2.46. The third kappa shape index (κ3) is 3.48. The quantitative estimate of drug-likeness (QED) is 0.844. The van der Waals surface area contributed by atoms with E-state index in [2.05, 4.69) is 45.4 Å². The second-order valence-corrected chi connectivity index (χ2v) is 5.41. The van der Waals surface area contributed by atoms with Crippen molar-refractivity contribution in [3.05, 3.63) is 36.2 Å². The van der Waals surface area contributed by atoms with Crippen LogP contribution >= 0.6 is 0 Å². The van der Waals surface area contributed by atoms with E-state index in [0.29, 0.717) is 6.04 Å². The Labute approximate surface area is 120 Å². The molecule has 2 heterocycles. The molecule has 0 aliphatic rings. The molecule has 5 heteroatoms. The van der Waals surface area contributed by atoms with Gasteiger partial charge >= 0.3 is 0 Å². The van der Waals surface area contributed by atoms with Crippen LogP contribution in [0, 0.1) is 0 Å². The lowest BCUT2D eigenvalue weighted by Crippen LogP contribution is -2.20. The van der Waals surface area contributed by atoms with Crippen LogP contribution in [0.15, 0.2) is 24.7 Å². The molecular formula is C15H25N5. The van der Waals surface area contributed by atoms with Gasteiger partial charge in [-0.3, -0.25) is 4.68 Å². The molecule has 110 valence electrons. The summed E-state index contributed by atoms with van der Waals surface area (Å²) in [5.41, 5.74) is 6.92. The highest BCUT2D eigenvalue weighted by atomic mass is 15.3. The molecule has 2 aromatic rings. The maximum absolute atomic E-state index is 5.85. The number of aromatic nitrogens is 4. The van der Waals surface area contributed by atoms with Crippen molar-refractivity contribution in [2.75, 3.05) is 0 Å². The van der Waals surface area contributed by atoms with Crippen molar-refractivity contribution in [1.82, 2.24) is 19.3 Å². The number of nitrogens with zero attached hydrogens (tertiary/aromatic N) is 4. The molecular weight excluding hydrogens is 250 g/mol. The van der Waals surface area contributed by atoms with Gasteiger partial charge in [0.05, 0.1) is 18.3 Å². The van der Waals surface area contributed by atoms with E-state index in [1.807, 2.05) is 19.3 Å². The second kappa shape index (κ2) is 6.70. The highest BCUT2D eigenvalue weighted by molar-refractivity contribution is 5.04. The lowest BCUT2D eigenvalue weighted by molar-refractivity contribution is 0.424. The number of imidazole rings is 1. The van der Waals surface area contributed by atoms with Crippen molar-refractivity contribution in [2.24, 2.45) is 5.73 Å². The van der Waals surface area contributed by atoms with Crippen LogP contribution in [0.2, 0.25) is 0 Å². The van der Waals surface area contributed by atoms with Gasteiger partial charge in [-0.2, -0.15) is 5.10 Å². The van der Waals surface area contributed by atoms with Crippen LogP contribution in [0.5, 0.6) is 0 Å². The van der Waals surface area contributed by atoms with Crippen LogP contribution in [0.4, 0.5) is 0 Å². The largest absolute Gasteiger partial charge is 0.329 e. The van der Waals surface area contributed by atoms with Gasteiger partial charge in [-0.15, -0.1) is 0 Å². The van der Waals surface area contributed by atoms with E-state index < -0.39 is 0 Å². The lowest BCUT2D eigenvalue weighted by atomic mass is 10.2. The molecule has 0 aliphatic carbocycles. The molecule has 1 unspecified atom stereocenters. The molecule has 0 aromatic carbocycles. The molecule has 5 nitrogen and oxygen atoms in total. The summed E-state index contributed by atoms with van der Waals surface area (Å²) < 4.78 is 4.21. The zero-order valence-electron chi connectivity index (χ0n) is 12.7. The van der Waals surface area contributed by atoms with Crippen molar-refractivity contribution in [1.29, 1.82) is 0 Å². The standard InChI is InChI=1S/C15H25N5/c1-4-14(5-2)20-8-6-13(18-20)11-19-9-7-17-15(19)10-12(3)16/h6-9,12,14H,4-5,10-11,16H2,1-3H3. The Morgan fingerprint density at radius 2 is 2.00 bits per heavy atom. The maximum atomic E-state index is 5.85. The van der Waals surface area contributed by atoms with E-state index in [1.165, 1.54) is 0 Å². The van der Waals surface area contributed by atoms with E-state index in [4.69, 9.17) is 5.73 Å². The zero-order valence-corrected chi connectivity index (χ0v) is 12.7. The number of hydrogen-bond donors (Lipinski definition) is 1. The van der Waals surface area contributed by atoms with Crippen LogP contribution in [-0.4, -0.2) is 25.4 Å². The SMILES string of the molecule is CCC(CC)n1ccc(Cn2ccnc2CC(C)N)n1. The predicted molar refractivity (Wildman–Crippen MR) is 80.5 cm³/mol. The first kappa shape index (κ1) is 14.8. The fourth-order valence-corrected chi connectivity index (χ4v) is 2.46. The van der Waals surface area contributed by atoms with Crippen molar-refractivity contribution in [3.8, 4) is 0 Å². The van der Waals surface area contributed by atoms with Crippen LogP contribution in [0.25, 0.3) is 0 Å². The van der Waals surface area contributed by atoms with Gasteiger partial charge in [0.15, 0.2) is 0 Å². The van der Waals surface area contributed by atoms with Crippen LogP contribution < -0.4 is 5.73 Å². The zero-order chi connectivity index (χ0) is 14.5. The summed E-state index contributed by atoms with van der Waals surface area (Å²) in [5, 5.41) is 4.68. The van der Waals surface area contributed by atoms with E-state index >= 15 is 0 Å². The molecule has 0 fully saturated rings. The summed E-state index contributed by atoms with van der Waals surface area (Å²) in [5.74, 6) is 1.03. The third-order valence-electron chi connectivity index (χ3n) is 3.62. The van der Waals surface area contributed by atoms with E-state index in [9.17, 15) is 0 Å². The number of rotatable bonds is 7. The summed E-state index contributed by atoms with van der Waals surface area (Å²) in [4.78, 5) is 4.38. The summed E-state index contributed by atoms with van der Waals surface area (Å²) in [7, 11) is 0. The molecule has 0 amide bonds. The predicted octanol–water partition coefficient (Wildman–Crippen LogP) is 2.38. The number of hydrogen-bond acceptors (Lipinski definition) is 3. The van der Waals surface area contributed by atoms with Crippen molar-refractivity contribution < 1.29 is 0 Å². The van der Waals surface area contributed by atoms with Crippen molar-refractivity contribution in [2.45, 2.75) is 58.7 Å². The topological polar surface area (TPSA) is 61.7 Å². The minimum absolute atomic E-state index is 0.123. The molecule has 2 N–H and O–H groups in total. The summed E-state index contributed by atoms with van der Waals surface area (Å²) in [6.07, 6.45) is 8.91. The second-order valence-electron chi connectivity index (χ2n) is 5.41. The van der Waals surface area contributed by atoms with Gasteiger partial charge in [-0.25, -0.2) is 4.98 Å². The Morgan fingerprint density at radius 3 is 2.65 bits per heavy atom. The van der Waals surface area contributed by atoms with Gasteiger partial charge in [-0.05, 0) is 25.8 Å². The van der Waals surface area contributed by atoms with Gasteiger partial charge in [0.2, 0.25) is 0 Å². The Kier molecular flexibility index (Phi) is 4.95. The molecule has 0 saturated carbocycles. The van der Waals surface area contributed by atoms with E-state index in [-0.39, 0.29) is 6.04 Å². The Bertz CT molecular complexity index is 522. The number of nitrogens with two attached hydrogens (primary N) is 1. The first-order valence-corrected chi connectivity index (χ1v) is 7.43. The van der Waals surface area contributed by atoms with Gasteiger partial charge in [0, 0.05) is 31.1 Å². The summed E-state index contributed by atoms with van der Waals surface area (Å²) in [6, 6.07) is 2.71. The molecule has 0 saturated heterocycles. The Hall–Kier alpha value is -1.62. The molecule has 0 aliphatic heterocycles. The van der Waals surface area contributed by atoms with Crippen molar-refractivity contribution >= 4 is 0 Å². The van der Waals surface area contributed by atoms with Crippen LogP contribution in [0.3, 0.4) is 0 Å². The van der Waals surface area contributed by atoms with Crippen molar-refractivity contribution in [3.63, 3.8) is 0 Å². The van der Waals surface area contributed by atoms with Crippen LogP contribution in [-0.2, 0) is 13.0 Å². The monoisotopic (exact) mass is 275 g/mol. The average Bonchev–Trinajstić information content (AvgIpc) is 3.02. The minimum Gasteiger partial charge on any atom is -0.329 e. The average molecular weight is 275 g/mol. The molecule has 2 rings (SSSR count). The van der Waals surface area contributed by atoms with Gasteiger partial charge in [-0.1, -0.05) is 13.8 Å². The molecule has 0 spiro atoms. The first-order valence-electron chi connectivity index (χ1n) is 7.43. The van der Waals surface area contributed by atoms with Gasteiger partial charge < -0.3 is 10.3 Å². The third-order valence-corrected chi connectivity index (χ3v) is 3.62. The summed E-state index contributed by atoms with van der Waals surface area (Å²) >= 11 is 0. The molecule has 2 aromatic heterocycles. The molecule has 20 heavy (non-hydrogen) atoms. The molecule has 0 radical (unpaired) electrons. The van der Waals surface area contributed by atoms with E-state index in [0.717, 1.165) is 37.3 Å². The van der Waals surface area contributed by atoms with Gasteiger partial charge in [0.25, 0.3) is 0 Å². The smallest absolute Gasteiger partial charge is 0.110 e. The molecule has 0 bridgehead atoms. The Morgan fingerprint density at radius 1 is 1.25 bits per heavy atom. The normalized spacial score (nSPS) is 13.1. The maximum Gasteiger partial charge on any atom is 0.110 e. The van der Waals surface area contributed by atoms with Crippen LogP contribution in [0.1, 0.15) is 51.2 Å². The first-order chi connectivity index (χ1) is 9.63. The summed E-state index contributed by atoms with van der Waals surface area (Å²) in [6.45, 7) is 7.16. The van der Waals surface area contributed by atoms with E-state index in [1.54, 1.807) is 0 Å². The minimum atomic E-state index is 0.123. The highest BCUT2D eigenvalue weighted by Crippen LogP contribution is 2.15.